The number of rotatable bonds is 2. The van der Waals surface area contributed by atoms with Gasteiger partial charge in [0, 0.05) is 16.5 Å². The highest BCUT2D eigenvalue weighted by Gasteiger charge is 2.51. The average Bonchev–Trinajstić information content (AvgIpc) is 2.73. The van der Waals surface area contributed by atoms with Gasteiger partial charge in [0.15, 0.2) is 0 Å². The largest absolute Gasteiger partial charge is 0.525 e. The van der Waals surface area contributed by atoms with Crippen molar-refractivity contribution >= 4 is 32.7 Å². The predicted octanol–water partition coefficient (Wildman–Crippen LogP) is 3.76. The summed E-state index contributed by atoms with van der Waals surface area (Å²) in [7, 11) is -6.25. The zero-order valence-corrected chi connectivity index (χ0v) is 16.4. The van der Waals surface area contributed by atoms with Crippen LogP contribution in [0.4, 0.5) is 17.6 Å². The summed E-state index contributed by atoms with van der Waals surface area (Å²) in [6.07, 6.45) is 0. The van der Waals surface area contributed by atoms with Crippen LogP contribution in [0.3, 0.4) is 0 Å². The number of carbonyl (C=O) groups excluding carboxylic acids is 2. The Morgan fingerprint density at radius 2 is 1.53 bits per heavy atom. The monoisotopic (exact) mass is 463 g/mol. The van der Waals surface area contributed by atoms with Gasteiger partial charge in [-0.15, -0.1) is 9.35 Å². The Labute approximate surface area is 178 Å². The van der Waals surface area contributed by atoms with Crippen LogP contribution >= 0.6 is 0 Å². The summed E-state index contributed by atoms with van der Waals surface area (Å²) in [4.78, 5) is 25.2. The number of hydrogen-bond donors (Lipinski definition) is 0. The fraction of sp³-hybridized carbons (Fsp3) is 0.0476. The number of alkyl halides is 3. The van der Waals surface area contributed by atoms with Gasteiger partial charge >= 0.3 is 15.6 Å². The number of imide groups is 1. The normalized spacial score (nSPS) is 13.8. The number of halogens is 4. The first-order chi connectivity index (χ1) is 15.0. The van der Waals surface area contributed by atoms with E-state index in [1.807, 2.05) is 0 Å². The van der Waals surface area contributed by atoms with E-state index in [0.29, 0.717) is 16.5 Å². The maximum Gasteiger partial charge on any atom is 0.525 e. The first-order valence-electron chi connectivity index (χ1n) is 8.72. The van der Waals surface area contributed by atoms with Gasteiger partial charge in [-0.25, -0.2) is 4.39 Å². The Morgan fingerprint density at radius 3 is 2.19 bits per heavy atom. The minimum Gasteiger partial charge on any atom is -0.266 e. The third-order valence-corrected chi connectivity index (χ3v) is 5.40. The van der Waals surface area contributed by atoms with Gasteiger partial charge in [-0.1, -0.05) is 30.0 Å². The van der Waals surface area contributed by atoms with Crippen molar-refractivity contribution in [2.45, 2.75) is 5.51 Å². The Hall–Kier alpha value is -3.75. The van der Waals surface area contributed by atoms with Crippen molar-refractivity contribution in [1.82, 2.24) is 5.06 Å². The molecule has 0 radical (unpaired) electrons. The van der Waals surface area contributed by atoms with E-state index in [1.54, 1.807) is 6.07 Å². The van der Waals surface area contributed by atoms with Crippen molar-refractivity contribution < 1.29 is 39.9 Å². The molecule has 0 saturated heterocycles. The molecular weight excluding hydrogens is 454 g/mol. The van der Waals surface area contributed by atoms with Crippen molar-refractivity contribution in [2.75, 3.05) is 0 Å². The Balaban J connectivity index is 1.82. The molecule has 162 valence electrons. The summed E-state index contributed by atoms with van der Waals surface area (Å²) in [6, 6.07) is 12.2. The molecule has 1 aliphatic rings. The molecule has 3 aromatic rings. The maximum absolute atomic E-state index is 13.3. The molecule has 11 heteroatoms. The van der Waals surface area contributed by atoms with E-state index in [9.17, 15) is 35.6 Å². The summed E-state index contributed by atoms with van der Waals surface area (Å²) in [6.45, 7) is 0. The van der Waals surface area contributed by atoms with Crippen LogP contribution in [0.1, 0.15) is 31.8 Å². The van der Waals surface area contributed by atoms with Gasteiger partial charge in [0.2, 0.25) is 0 Å². The Morgan fingerprint density at radius 1 is 0.875 bits per heavy atom. The number of nitrogens with zero attached hydrogens (tertiary/aromatic N) is 1. The summed E-state index contributed by atoms with van der Waals surface area (Å²) in [5, 5.41) is -0.0281. The molecule has 0 fully saturated rings. The molecule has 0 unspecified atom stereocenters. The van der Waals surface area contributed by atoms with Crippen LogP contribution in [-0.2, 0) is 14.4 Å². The van der Waals surface area contributed by atoms with E-state index < -0.39 is 38.3 Å². The standard InChI is InChI=1S/C21H9F4NO5S/c22-14-4-1-3-12(11-14)7-8-13-9-10-17-18-15(13)5-2-6-16(18)19(27)26(20(17)28)31-32(29,30)21(23,24)25/h1-6,9-11H. The zero-order valence-electron chi connectivity index (χ0n) is 15.6. The minimum atomic E-state index is -6.25. The second-order valence-electron chi connectivity index (χ2n) is 6.53. The molecule has 0 aromatic heterocycles. The molecular formula is C21H9F4NO5S. The van der Waals surface area contributed by atoms with E-state index in [1.165, 1.54) is 48.5 Å². The molecule has 32 heavy (non-hydrogen) atoms. The van der Waals surface area contributed by atoms with Crippen LogP contribution < -0.4 is 0 Å². The molecule has 0 aliphatic carbocycles. The molecule has 2 amide bonds. The quantitative estimate of drug-likeness (QED) is 0.250. The highest BCUT2D eigenvalue weighted by molar-refractivity contribution is 7.87. The van der Waals surface area contributed by atoms with Crippen molar-refractivity contribution in [1.29, 1.82) is 0 Å². The number of carbonyl (C=O) groups is 2. The van der Waals surface area contributed by atoms with Gasteiger partial charge in [-0.05, 0) is 41.8 Å². The van der Waals surface area contributed by atoms with E-state index in [2.05, 4.69) is 16.1 Å². The zero-order chi connectivity index (χ0) is 23.3. The summed E-state index contributed by atoms with van der Waals surface area (Å²) in [5.41, 5.74) is -5.61. The number of amides is 2. The smallest absolute Gasteiger partial charge is 0.266 e. The lowest BCUT2D eigenvalue weighted by Crippen LogP contribution is -2.44. The lowest BCUT2D eigenvalue weighted by atomic mass is 9.92. The molecule has 0 atom stereocenters. The van der Waals surface area contributed by atoms with E-state index >= 15 is 0 Å². The highest BCUT2D eigenvalue weighted by Crippen LogP contribution is 2.34. The maximum atomic E-state index is 13.3. The number of hydroxylamine groups is 2. The molecule has 0 N–H and O–H groups in total. The van der Waals surface area contributed by atoms with Gasteiger partial charge < -0.3 is 0 Å². The van der Waals surface area contributed by atoms with Crippen LogP contribution in [0.15, 0.2) is 54.6 Å². The van der Waals surface area contributed by atoms with E-state index in [-0.39, 0.29) is 16.5 Å². The van der Waals surface area contributed by atoms with Crippen molar-refractivity contribution in [3.8, 4) is 11.8 Å². The van der Waals surface area contributed by atoms with Gasteiger partial charge in [-0.2, -0.15) is 21.6 Å². The van der Waals surface area contributed by atoms with E-state index in [4.69, 9.17) is 0 Å². The van der Waals surface area contributed by atoms with Crippen LogP contribution in [0, 0.1) is 17.7 Å². The molecule has 6 nitrogen and oxygen atoms in total. The van der Waals surface area contributed by atoms with Crippen LogP contribution in [0.25, 0.3) is 10.8 Å². The summed E-state index contributed by atoms with van der Waals surface area (Å²) in [5.74, 6) is 2.31. The fourth-order valence-electron chi connectivity index (χ4n) is 3.10. The summed E-state index contributed by atoms with van der Waals surface area (Å²) >= 11 is 0. The van der Waals surface area contributed by atoms with Crippen LogP contribution in [0.5, 0.6) is 0 Å². The van der Waals surface area contributed by atoms with Crippen molar-refractivity contribution in [2.24, 2.45) is 0 Å². The lowest BCUT2D eigenvalue weighted by Gasteiger charge is -2.25. The first-order valence-corrected chi connectivity index (χ1v) is 10.1. The van der Waals surface area contributed by atoms with Crippen LogP contribution in [-0.4, -0.2) is 30.8 Å². The lowest BCUT2D eigenvalue weighted by molar-refractivity contribution is -0.0761. The Kier molecular flexibility index (Phi) is 4.99. The van der Waals surface area contributed by atoms with Gasteiger partial charge in [0.05, 0.1) is 11.1 Å². The van der Waals surface area contributed by atoms with Crippen LogP contribution in [0.2, 0.25) is 0 Å². The molecule has 0 bridgehead atoms. The minimum absolute atomic E-state index is 0.0813. The second kappa shape index (κ2) is 7.44. The molecule has 1 aliphatic heterocycles. The topological polar surface area (TPSA) is 80.8 Å². The van der Waals surface area contributed by atoms with Gasteiger partial charge in [0.1, 0.15) is 5.82 Å². The van der Waals surface area contributed by atoms with Gasteiger partial charge in [-0.3, -0.25) is 9.59 Å². The molecule has 4 rings (SSSR count). The van der Waals surface area contributed by atoms with Crippen molar-refractivity contribution in [3.63, 3.8) is 0 Å². The van der Waals surface area contributed by atoms with Gasteiger partial charge in [0.25, 0.3) is 11.8 Å². The predicted molar refractivity (Wildman–Crippen MR) is 103 cm³/mol. The summed E-state index contributed by atoms with van der Waals surface area (Å²) < 4.78 is 77.8. The third-order valence-electron chi connectivity index (χ3n) is 4.49. The number of benzene rings is 3. The number of hydrogen-bond acceptors (Lipinski definition) is 5. The second-order valence-corrected chi connectivity index (χ2v) is 8.05. The Bertz CT molecular complexity index is 1450. The fourth-order valence-corrected chi connectivity index (χ4v) is 3.51. The molecule has 0 spiro atoms. The molecule has 1 heterocycles. The van der Waals surface area contributed by atoms with E-state index in [0.717, 1.165) is 0 Å². The highest BCUT2D eigenvalue weighted by atomic mass is 32.2. The molecule has 0 saturated carbocycles. The third kappa shape index (κ3) is 3.59. The average molecular weight is 463 g/mol. The van der Waals surface area contributed by atoms with Crippen molar-refractivity contribution in [3.05, 3.63) is 82.7 Å². The SMILES string of the molecule is O=C1c2cccc3c(C#Cc4cccc(F)c4)ccc(c23)C(=O)N1OS(=O)(=O)C(F)(F)F. The molecule has 3 aromatic carbocycles. The first kappa shape index (κ1) is 21.5.